The average molecular weight is 291 g/mol. The van der Waals surface area contributed by atoms with E-state index in [4.69, 9.17) is 5.11 Å². The van der Waals surface area contributed by atoms with Gasteiger partial charge in [-0.1, -0.05) is 6.07 Å². The first-order valence-corrected chi connectivity index (χ1v) is 6.53. The number of piperazine rings is 1. The van der Waals surface area contributed by atoms with Gasteiger partial charge < -0.3 is 15.7 Å². The molecular formula is C14H17N3O4. The van der Waals surface area contributed by atoms with Gasteiger partial charge in [0.15, 0.2) is 0 Å². The minimum atomic E-state index is -1.15. The summed E-state index contributed by atoms with van der Waals surface area (Å²) in [7, 11) is 0. The first-order valence-electron chi connectivity index (χ1n) is 6.53. The van der Waals surface area contributed by atoms with Gasteiger partial charge in [-0.2, -0.15) is 0 Å². The molecule has 1 heterocycles. The summed E-state index contributed by atoms with van der Waals surface area (Å²) in [5.74, 6) is -1.52. The summed E-state index contributed by atoms with van der Waals surface area (Å²) < 4.78 is 0. The molecule has 1 atom stereocenters. The van der Waals surface area contributed by atoms with Crippen molar-refractivity contribution in [2.45, 2.75) is 19.9 Å². The standard InChI is InChI=1S/C14H17N3O4/c1-8-3-4-10(5-9(8)2)16-14(21)17-7-12(18)15-6-11(17)13(19)20/h3-5,11H,6-7H2,1-2H3,(H,15,18)(H,16,21)(H,19,20). The molecule has 1 aliphatic rings. The van der Waals surface area contributed by atoms with Crippen LogP contribution < -0.4 is 10.6 Å². The third-order valence-corrected chi connectivity index (χ3v) is 3.49. The van der Waals surface area contributed by atoms with E-state index in [9.17, 15) is 14.4 Å². The Hall–Kier alpha value is -2.57. The SMILES string of the molecule is Cc1ccc(NC(=O)N2CC(=O)NCC2C(=O)O)cc1C. The van der Waals surface area contributed by atoms with E-state index in [1.807, 2.05) is 19.9 Å². The molecule has 1 aromatic rings. The van der Waals surface area contributed by atoms with Gasteiger partial charge in [-0.15, -0.1) is 0 Å². The first kappa shape index (κ1) is 14.8. The van der Waals surface area contributed by atoms with Gasteiger partial charge in [-0.3, -0.25) is 9.69 Å². The molecule has 0 radical (unpaired) electrons. The molecule has 0 aliphatic carbocycles. The maximum Gasteiger partial charge on any atom is 0.328 e. The Labute approximate surface area is 121 Å². The normalized spacial score (nSPS) is 18.1. The molecule has 21 heavy (non-hydrogen) atoms. The molecule has 0 spiro atoms. The highest BCUT2D eigenvalue weighted by Crippen LogP contribution is 2.15. The molecule has 1 unspecified atom stereocenters. The fraction of sp³-hybridized carbons (Fsp3) is 0.357. The molecule has 7 heteroatoms. The summed E-state index contributed by atoms with van der Waals surface area (Å²) in [5, 5.41) is 14.2. The number of carbonyl (C=O) groups is 3. The zero-order valence-corrected chi connectivity index (χ0v) is 11.8. The number of benzene rings is 1. The van der Waals surface area contributed by atoms with Gasteiger partial charge in [0.25, 0.3) is 0 Å². The number of amides is 3. The number of hydrogen-bond acceptors (Lipinski definition) is 3. The van der Waals surface area contributed by atoms with Crippen molar-refractivity contribution < 1.29 is 19.5 Å². The molecule has 1 fully saturated rings. The summed E-state index contributed by atoms with van der Waals surface area (Å²) in [4.78, 5) is 35.7. The zero-order valence-electron chi connectivity index (χ0n) is 11.8. The van der Waals surface area contributed by atoms with Gasteiger partial charge in [0.2, 0.25) is 5.91 Å². The number of carboxylic acid groups (broad SMARTS) is 1. The molecular weight excluding hydrogens is 274 g/mol. The monoisotopic (exact) mass is 291 g/mol. The van der Waals surface area contributed by atoms with E-state index in [0.717, 1.165) is 16.0 Å². The van der Waals surface area contributed by atoms with E-state index >= 15 is 0 Å². The molecule has 0 aromatic heterocycles. The lowest BCUT2D eigenvalue weighted by Gasteiger charge is -2.32. The first-order chi connectivity index (χ1) is 9.88. The molecule has 0 saturated carbocycles. The van der Waals surface area contributed by atoms with Crippen molar-refractivity contribution in [1.29, 1.82) is 0 Å². The largest absolute Gasteiger partial charge is 0.480 e. The highest BCUT2D eigenvalue weighted by Gasteiger charge is 2.35. The summed E-state index contributed by atoms with van der Waals surface area (Å²) >= 11 is 0. The van der Waals surface area contributed by atoms with Crippen LogP contribution in [0.2, 0.25) is 0 Å². The Bertz CT molecular complexity index is 600. The maximum atomic E-state index is 12.2. The number of hydrogen-bond donors (Lipinski definition) is 3. The predicted octanol–water partition coefficient (Wildman–Crippen LogP) is 0.720. The van der Waals surface area contributed by atoms with Crippen LogP contribution in [0, 0.1) is 13.8 Å². The second-order valence-corrected chi connectivity index (χ2v) is 5.02. The second-order valence-electron chi connectivity index (χ2n) is 5.02. The number of aliphatic carboxylic acids is 1. The van der Waals surface area contributed by atoms with E-state index in [2.05, 4.69) is 10.6 Å². The van der Waals surface area contributed by atoms with E-state index in [-0.39, 0.29) is 19.0 Å². The fourth-order valence-corrected chi connectivity index (χ4v) is 2.09. The Morgan fingerprint density at radius 2 is 2.05 bits per heavy atom. The van der Waals surface area contributed by atoms with Crippen molar-refractivity contribution in [3.05, 3.63) is 29.3 Å². The van der Waals surface area contributed by atoms with Crippen molar-refractivity contribution in [3.63, 3.8) is 0 Å². The quantitative estimate of drug-likeness (QED) is 0.747. The highest BCUT2D eigenvalue weighted by atomic mass is 16.4. The maximum absolute atomic E-state index is 12.2. The van der Waals surface area contributed by atoms with Gasteiger partial charge in [0.1, 0.15) is 12.6 Å². The summed E-state index contributed by atoms with van der Waals surface area (Å²) in [6.45, 7) is 3.51. The van der Waals surface area contributed by atoms with Gasteiger partial charge in [0.05, 0.1) is 0 Å². The predicted molar refractivity (Wildman–Crippen MR) is 76.1 cm³/mol. The smallest absolute Gasteiger partial charge is 0.328 e. The van der Waals surface area contributed by atoms with E-state index in [0.29, 0.717) is 5.69 Å². The molecule has 112 valence electrons. The molecule has 1 saturated heterocycles. The Morgan fingerprint density at radius 1 is 1.33 bits per heavy atom. The van der Waals surface area contributed by atoms with Crippen molar-refractivity contribution >= 4 is 23.6 Å². The third-order valence-electron chi connectivity index (χ3n) is 3.49. The average Bonchev–Trinajstić information content (AvgIpc) is 2.42. The number of nitrogens with zero attached hydrogens (tertiary/aromatic N) is 1. The number of rotatable bonds is 2. The van der Waals surface area contributed by atoms with Gasteiger partial charge in [0, 0.05) is 12.2 Å². The Morgan fingerprint density at radius 3 is 2.67 bits per heavy atom. The van der Waals surface area contributed by atoms with Crippen LogP contribution >= 0.6 is 0 Å². The molecule has 3 amide bonds. The number of aryl methyl sites for hydroxylation is 2. The van der Waals surface area contributed by atoms with Crippen LogP contribution in [0.1, 0.15) is 11.1 Å². The minimum Gasteiger partial charge on any atom is -0.480 e. The lowest BCUT2D eigenvalue weighted by molar-refractivity contribution is -0.144. The topological polar surface area (TPSA) is 98.7 Å². The minimum absolute atomic E-state index is 0.0888. The van der Waals surface area contributed by atoms with Crippen molar-refractivity contribution in [3.8, 4) is 0 Å². The number of carboxylic acids is 1. The van der Waals surface area contributed by atoms with Crippen LogP contribution in [0.4, 0.5) is 10.5 Å². The number of carbonyl (C=O) groups excluding carboxylic acids is 2. The zero-order chi connectivity index (χ0) is 15.6. The van der Waals surface area contributed by atoms with Gasteiger partial charge in [-0.25, -0.2) is 9.59 Å². The van der Waals surface area contributed by atoms with E-state index in [1.165, 1.54) is 0 Å². The second kappa shape index (κ2) is 5.82. The molecule has 0 bridgehead atoms. The number of urea groups is 1. The summed E-state index contributed by atoms with van der Waals surface area (Å²) in [6, 6.07) is 3.74. The molecule has 3 N–H and O–H groups in total. The highest BCUT2D eigenvalue weighted by molar-refractivity contribution is 5.96. The molecule has 1 aliphatic heterocycles. The summed E-state index contributed by atoms with van der Waals surface area (Å²) in [5.41, 5.74) is 2.67. The van der Waals surface area contributed by atoms with Crippen LogP contribution in [0.25, 0.3) is 0 Å². The van der Waals surface area contributed by atoms with Crippen LogP contribution in [-0.4, -0.2) is 47.0 Å². The van der Waals surface area contributed by atoms with Crippen LogP contribution in [0.15, 0.2) is 18.2 Å². The number of anilines is 1. The molecule has 2 rings (SSSR count). The van der Waals surface area contributed by atoms with Crippen molar-refractivity contribution in [1.82, 2.24) is 10.2 Å². The fourth-order valence-electron chi connectivity index (χ4n) is 2.09. The van der Waals surface area contributed by atoms with Crippen molar-refractivity contribution in [2.75, 3.05) is 18.4 Å². The van der Waals surface area contributed by atoms with E-state index < -0.39 is 18.0 Å². The summed E-state index contributed by atoms with van der Waals surface area (Å²) in [6.07, 6.45) is 0. The van der Waals surface area contributed by atoms with Crippen LogP contribution in [-0.2, 0) is 9.59 Å². The van der Waals surface area contributed by atoms with Crippen molar-refractivity contribution in [2.24, 2.45) is 0 Å². The van der Waals surface area contributed by atoms with E-state index in [1.54, 1.807) is 12.1 Å². The third kappa shape index (κ3) is 3.31. The van der Waals surface area contributed by atoms with Crippen LogP contribution in [0.3, 0.4) is 0 Å². The lowest BCUT2D eigenvalue weighted by Crippen LogP contribution is -2.60. The Kier molecular flexibility index (Phi) is 4.11. The van der Waals surface area contributed by atoms with Gasteiger partial charge >= 0.3 is 12.0 Å². The lowest BCUT2D eigenvalue weighted by atomic mass is 10.1. The van der Waals surface area contributed by atoms with Gasteiger partial charge in [-0.05, 0) is 37.1 Å². The van der Waals surface area contributed by atoms with Crippen LogP contribution in [0.5, 0.6) is 0 Å². The molecule has 1 aromatic carbocycles. The number of nitrogens with one attached hydrogen (secondary N) is 2. The Balaban J connectivity index is 2.14. The molecule has 7 nitrogen and oxygen atoms in total.